The summed E-state index contributed by atoms with van der Waals surface area (Å²) in [6.07, 6.45) is 4.69. The highest BCUT2D eigenvalue weighted by atomic mass is 16.5. The summed E-state index contributed by atoms with van der Waals surface area (Å²) in [4.78, 5) is 12.1. The Kier molecular flexibility index (Phi) is 3.15. The van der Waals surface area contributed by atoms with Crippen LogP contribution in [0.2, 0.25) is 0 Å². The highest BCUT2D eigenvalue weighted by Gasteiger charge is 2.22. The molecule has 0 saturated carbocycles. The summed E-state index contributed by atoms with van der Waals surface area (Å²) in [7, 11) is 0. The number of rotatable bonds is 3. The van der Waals surface area contributed by atoms with E-state index in [9.17, 15) is 4.79 Å². The van der Waals surface area contributed by atoms with E-state index in [2.05, 4.69) is 6.07 Å². The average molecular weight is 258 g/mol. The molecule has 4 heteroatoms. The van der Waals surface area contributed by atoms with Crippen molar-refractivity contribution >= 4 is 0 Å². The summed E-state index contributed by atoms with van der Waals surface area (Å²) >= 11 is 0. The van der Waals surface area contributed by atoms with Gasteiger partial charge in [-0.25, -0.2) is 4.79 Å². The van der Waals surface area contributed by atoms with Crippen LogP contribution in [0.25, 0.3) is 0 Å². The van der Waals surface area contributed by atoms with Gasteiger partial charge in [0.1, 0.15) is 5.75 Å². The Bertz CT molecular complexity index is 627. The molecule has 1 aromatic heterocycles. The molecule has 1 aliphatic heterocycles. The van der Waals surface area contributed by atoms with Crippen LogP contribution in [-0.4, -0.2) is 15.7 Å². The van der Waals surface area contributed by atoms with E-state index in [1.165, 1.54) is 5.56 Å². The molecular formula is C15H18N2O2. The van der Waals surface area contributed by atoms with Crippen LogP contribution in [-0.2, 0) is 13.1 Å². The second kappa shape index (κ2) is 4.96. The van der Waals surface area contributed by atoms with E-state index in [0.717, 1.165) is 31.9 Å². The van der Waals surface area contributed by atoms with Crippen LogP contribution in [0.4, 0.5) is 0 Å². The van der Waals surface area contributed by atoms with Crippen molar-refractivity contribution in [3.63, 3.8) is 0 Å². The van der Waals surface area contributed by atoms with Gasteiger partial charge in [0.05, 0.1) is 6.61 Å². The molecule has 4 nitrogen and oxygen atoms in total. The van der Waals surface area contributed by atoms with Gasteiger partial charge in [-0.1, -0.05) is 18.2 Å². The number of nitrogens with zero attached hydrogens (tertiary/aromatic N) is 2. The summed E-state index contributed by atoms with van der Waals surface area (Å²) in [6.45, 7) is 4.16. The monoisotopic (exact) mass is 258 g/mol. The van der Waals surface area contributed by atoms with E-state index >= 15 is 0 Å². The molecule has 100 valence electrons. The number of aromatic nitrogens is 2. The van der Waals surface area contributed by atoms with Crippen molar-refractivity contribution in [2.24, 2.45) is 0 Å². The predicted molar refractivity (Wildman–Crippen MR) is 73.7 cm³/mol. The normalized spacial score (nSPS) is 17.8. The molecular weight excluding hydrogens is 240 g/mol. The van der Waals surface area contributed by atoms with E-state index in [1.807, 2.05) is 37.5 Å². The van der Waals surface area contributed by atoms with E-state index in [0.29, 0.717) is 5.92 Å². The molecule has 0 radical (unpaired) electrons. The van der Waals surface area contributed by atoms with Gasteiger partial charge >= 0.3 is 5.69 Å². The summed E-state index contributed by atoms with van der Waals surface area (Å²) in [5.74, 6) is 1.32. The lowest BCUT2D eigenvalue weighted by Gasteiger charge is -2.25. The van der Waals surface area contributed by atoms with Crippen molar-refractivity contribution in [2.45, 2.75) is 32.4 Å². The Hall–Kier alpha value is -1.97. The van der Waals surface area contributed by atoms with Crippen LogP contribution >= 0.6 is 0 Å². The minimum atomic E-state index is 0.0754. The van der Waals surface area contributed by atoms with Crippen LogP contribution < -0.4 is 10.4 Å². The van der Waals surface area contributed by atoms with Crippen LogP contribution in [0, 0.1) is 0 Å². The van der Waals surface area contributed by atoms with Gasteiger partial charge in [0, 0.05) is 31.4 Å². The fraction of sp³-hybridized carbons (Fsp3) is 0.400. The number of para-hydroxylation sites is 1. The van der Waals surface area contributed by atoms with Crippen molar-refractivity contribution in [2.75, 3.05) is 6.61 Å². The van der Waals surface area contributed by atoms with Crippen molar-refractivity contribution in [3.05, 3.63) is 52.7 Å². The Balaban J connectivity index is 1.88. The van der Waals surface area contributed by atoms with E-state index in [4.69, 9.17) is 4.74 Å². The highest BCUT2D eigenvalue weighted by molar-refractivity contribution is 5.37. The molecule has 0 fully saturated rings. The second-order valence-corrected chi connectivity index (χ2v) is 4.89. The number of hydrogen-bond donors (Lipinski definition) is 0. The maximum absolute atomic E-state index is 12.1. The lowest BCUT2D eigenvalue weighted by molar-refractivity contribution is 0.258. The fourth-order valence-electron chi connectivity index (χ4n) is 2.68. The lowest BCUT2D eigenvalue weighted by Crippen LogP contribution is -2.27. The zero-order valence-corrected chi connectivity index (χ0v) is 11.1. The van der Waals surface area contributed by atoms with Gasteiger partial charge < -0.3 is 4.74 Å². The Labute approximate surface area is 112 Å². The van der Waals surface area contributed by atoms with Crippen LogP contribution in [0.1, 0.15) is 24.8 Å². The third-order valence-corrected chi connectivity index (χ3v) is 3.76. The number of hydrogen-bond acceptors (Lipinski definition) is 2. The maximum Gasteiger partial charge on any atom is 0.328 e. The van der Waals surface area contributed by atoms with Crippen molar-refractivity contribution in [3.8, 4) is 5.75 Å². The predicted octanol–water partition coefficient (Wildman–Crippen LogP) is 2.24. The zero-order chi connectivity index (χ0) is 13.2. The van der Waals surface area contributed by atoms with E-state index in [1.54, 1.807) is 9.13 Å². The van der Waals surface area contributed by atoms with E-state index < -0.39 is 0 Å². The van der Waals surface area contributed by atoms with Gasteiger partial charge in [-0.15, -0.1) is 0 Å². The van der Waals surface area contributed by atoms with Gasteiger partial charge in [-0.3, -0.25) is 9.13 Å². The maximum atomic E-state index is 12.1. The molecule has 1 aliphatic rings. The SMILES string of the molecule is CCn1ccn(CC2CCOc3ccccc32)c1=O. The van der Waals surface area contributed by atoms with Crippen LogP contribution in [0.3, 0.4) is 0 Å². The zero-order valence-electron chi connectivity index (χ0n) is 11.1. The number of fused-ring (bicyclic) bond motifs is 1. The third-order valence-electron chi connectivity index (χ3n) is 3.76. The van der Waals surface area contributed by atoms with Crippen molar-refractivity contribution in [1.82, 2.24) is 9.13 Å². The number of aryl methyl sites for hydroxylation is 1. The first-order valence-corrected chi connectivity index (χ1v) is 6.77. The molecule has 0 bridgehead atoms. The molecule has 1 aromatic carbocycles. The van der Waals surface area contributed by atoms with Gasteiger partial charge in [-0.2, -0.15) is 0 Å². The molecule has 0 amide bonds. The first kappa shape index (κ1) is 12.1. The average Bonchev–Trinajstić information content (AvgIpc) is 2.80. The third kappa shape index (κ3) is 2.18. The first-order chi connectivity index (χ1) is 9.29. The van der Waals surface area contributed by atoms with Crippen molar-refractivity contribution < 1.29 is 4.74 Å². The number of ether oxygens (including phenoxy) is 1. The largest absolute Gasteiger partial charge is 0.493 e. The molecule has 2 aromatic rings. The Morgan fingerprint density at radius 2 is 2.05 bits per heavy atom. The number of imidazole rings is 1. The minimum absolute atomic E-state index is 0.0754. The molecule has 3 rings (SSSR count). The molecule has 0 saturated heterocycles. The molecule has 1 unspecified atom stereocenters. The summed E-state index contributed by atoms with van der Waals surface area (Å²) in [6, 6.07) is 8.12. The molecule has 0 spiro atoms. The number of benzene rings is 1. The van der Waals surface area contributed by atoms with Crippen molar-refractivity contribution in [1.29, 1.82) is 0 Å². The van der Waals surface area contributed by atoms with Crippen LogP contribution in [0.15, 0.2) is 41.5 Å². The molecule has 0 aliphatic carbocycles. The quantitative estimate of drug-likeness (QED) is 0.846. The topological polar surface area (TPSA) is 36.2 Å². The first-order valence-electron chi connectivity index (χ1n) is 6.77. The highest BCUT2D eigenvalue weighted by Crippen LogP contribution is 2.33. The Morgan fingerprint density at radius 1 is 1.26 bits per heavy atom. The Morgan fingerprint density at radius 3 is 2.84 bits per heavy atom. The fourth-order valence-corrected chi connectivity index (χ4v) is 2.68. The summed E-state index contributed by atoms with van der Waals surface area (Å²) in [5, 5.41) is 0. The second-order valence-electron chi connectivity index (χ2n) is 4.89. The van der Waals surface area contributed by atoms with Gasteiger partial charge in [0.2, 0.25) is 0 Å². The molecule has 2 heterocycles. The smallest absolute Gasteiger partial charge is 0.328 e. The molecule has 19 heavy (non-hydrogen) atoms. The van der Waals surface area contributed by atoms with E-state index in [-0.39, 0.29) is 5.69 Å². The summed E-state index contributed by atoms with van der Waals surface area (Å²) in [5.41, 5.74) is 1.29. The van der Waals surface area contributed by atoms with Gasteiger partial charge in [0.15, 0.2) is 0 Å². The molecule has 0 N–H and O–H groups in total. The van der Waals surface area contributed by atoms with Gasteiger partial charge in [-0.05, 0) is 25.0 Å². The minimum Gasteiger partial charge on any atom is -0.493 e. The van der Waals surface area contributed by atoms with Gasteiger partial charge in [0.25, 0.3) is 0 Å². The van der Waals surface area contributed by atoms with Crippen LogP contribution in [0.5, 0.6) is 5.75 Å². The standard InChI is InChI=1S/C15H18N2O2/c1-2-16-8-9-17(15(16)18)11-12-7-10-19-14-6-4-3-5-13(12)14/h3-6,8-9,12H,2,7,10-11H2,1H3. The molecule has 1 atom stereocenters. The lowest BCUT2D eigenvalue weighted by atomic mass is 9.93. The summed E-state index contributed by atoms with van der Waals surface area (Å²) < 4.78 is 9.18.